The van der Waals surface area contributed by atoms with E-state index in [0.717, 1.165) is 16.1 Å². The number of carbonyl (C=O) groups excluding carboxylic acids is 2. The summed E-state index contributed by atoms with van der Waals surface area (Å²) in [5, 5.41) is 3.30. The second kappa shape index (κ2) is 11.2. The summed E-state index contributed by atoms with van der Waals surface area (Å²) < 4.78 is 26.2. The smallest absolute Gasteiger partial charge is 0.244 e. The second-order valence-corrected chi connectivity index (χ2v) is 10.8. The molecule has 7 nitrogen and oxygen atoms in total. The van der Waals surface area contributed by atoms with Gasteiger partial charge >= 0.3 is 0 Å². The van der Waals surface area contributed by atoms with Crippen molar-refractivity contribution in [2.75, 3.05) is 24.2 Å². The van der Waals surface area contributed by atoms with E-state index in [2.05, 4.69) is 5.32 Å². The maximum absolute atomic E-state index is 13.4. The molecule has 2 amide bonds. The SMILES string of the molecule is CNC(=O)[C@H](C)N(Cc1ccc(Cl)cc1Cl)C(=O)CN(c1ccc(C(C)C)cc1)S(C)(=O)=O. The van der Waals surface area contributed by atoms with Gasteiger partial charge < -0.3 is 10.2 Å². The van der Waals surface area contributed by atoms with Crippen LogP contribution in [0.15, 0.2) is 42.5 Å². The van der Waals surface area contributed by atoms with E-state index >= 15 is 0 Å². The van der Waals surface area contributed by atoms with Gasteiger partial charge in [0.25, 0.3) is 0 Å². The van der Waals surface area contributed by atoms with Crippen molar-refractivity contribution < 1.29 is 18.0 Å². The van der Waals surface area contributed by atoms with Crippen LogP contribution in [0.1, 0.15) is 37.8 Å². The zero-order valence-corrected chi connectivity index (χ0v) is 21.6. The molecule has 2 aromatic carbocycles. The van der Waals surface area contributed by atoms with E-state index in [-0.39, 0.29) is 18.4 Å². The number of nitrogens with zero attached hydrogens (tertiary/aromatic N) is 2. The van der Waals surface area contributed by atoms with Gasteiger partial charge in [0.2, 0.25) is 21.8 Å². The van der Waals surface area contributed by atoms with E-state index in [4.69, 9.17) is 23.2 Å². The third kappa shape index (κ3) is 7.09. The Bertz CT molecular complexity index is 1110. The Hall–Kier alpha value is -2.29. The first-order valence-corrected chi connectivity index (χ1v) is 13.0. The van der Waals surface area contributed by atoms with Gasteiger partial charge in [0.1, 0.15) is 12.6 Å². The van der Waals surface area contributed by atoms with Crippen molar-refractivity contribution in [3.05, 3.63) is 63.6 Å². The third-order valence-corrected chi connectivity index (χ3v) is 7.02. The Morgan fingerprint density at radius 2 is 1.64 bits per heavy atom. The molecule has 0 saturated heterocycles. The van der Waals surface area contributed by atoms with Gasteiger partial charge in [-0.2, -0.15) is 0 Å². The number of amides is 2. The van der Waals surface area contributed by atoms with Crippen molar-refractivity contribution in [2.45, 2.75) is 39.3 Å². The highest BCUT2D eigenvalue weighted by Gasteiger charge is 2.30. The van der Waals surface area contributed by atoms with Crippen molar-refractivity contribution >= 4 is 50.7 Å². The van der Waals surface area contributed by atoms with Crippen LogP contribution in [0.4, 0.5) is 5.69 Å². The number of carbonyl (C=O) groups is 2. The first kappa shape index (κ1) is 27.0. The fourth-order valence-corrected chi connectivity index (χ4v) is 4.58. The van der Waals surface area contributed by atoms with Gasteiger partial charge in [0, 0.05) is 23.6 Å². The second-order valence-electron chi connectivity index (χ2n) is 8.06. The highest BCUT2D eigenvalue weighted by molar-refractivity contribution is 7.92. The van der Waals surface area contributed by atoms with Crippen molar-refractivity contribution in [2.24, 2.45) is 0 Å². The number of nitrogens with one attached hydrogen (secondary N) is 1. The minimum atomic E-state index is -3.78. The summed E-state index contributed by atoms with van der Waals surface area (Å²) in [6, 6.07) is 11.0. The molecule has 0 bridgehead atoms. The van der Waals surface area contributed by atoms with Gasteiger partial charge in [0.05, 0.1) is 11.9 Å². The van der Waals surface area contributed by atoms with Crippen LogP contribution in [0.3, 0.4) is 0 Å². The molecule has 1 N–H and O–H groups in total. The topological polar surface area (TPSA) is 86.8 Å². The number of hydrogen-bond acceptors (Lipinski definition) is 4. The van der Waals surface area contributed by atoms with Crippen LogP contribution in [-0.4, -0.2) is 51.0 Å². The minimum absolute atomic E-state index is 0.00725. The quantitative estimate of drug-likeness (QED) is 0.547. The fourth-order valence-electron chi connectivity index (χ4n) is 3.26. The molecule has 1 atom stereocenters. The average molecular weight is 514 g/mol. The highest BCUT2D eigenvalue weighted by atomic mass is 35.5. The van der Waals surface area contributed by atoms with E-state index in [9.17, 15) is 18.0 Å². The Kier molecular flexibility index (Phi) is 9.17. The number of likely N-dealkylation sites (N-methyl/N-ethyl adjacent to an activating group) is 1. The molecule has 180 valence electrons. The van der Waals surface area contributed by atoms with Crippen LogP contribution in [-0.2, 0) is 26.2 Å². The first-order chi connectivity index (χ1) is 15.3. The number of sulfonamides is 1. The molecule has 0 radical (unpaired) electrons. The molecule has 0 aromatic heterocycles. The van der Waals surface area contributed by atoms with E-state index in [0.29, 0.717) is 21.3 Å². The monoisotopic (exact) mass is 513 g/mol. The van der Waals surface area contributed by atoms with Crippen LogP contribution in [0, 0.1) is 0 Å². The standard InChI is InChI=1S/C23H29Cl2N3O4S/c1-15(2)17-7-10-20(11-8-17)28(33(5,31)32)14-22(29)27(16(3)23(30)26-4)13-18-6-9-19(24)12-21(18)25/h6-12,15-16H,13-14H2,1-5H3,(H,26,30)/t16-/m0/s1. The summed E-state index contributed by atoms with van der Waals surface area (Å²) in [5.74, 6) is -0.656. The molecule has 0 spiro atoms. The molecule has 0 aliphatic rings. The van der Waals surface area contributed by atoms with E-state index in [1.807, 2.05) is 26.0 Å². The Morgan fingerprint density at radius 1 is 1.03 bits per heavy atom. The van der Waals surface area contributed by atoms with Crippen molar-refractivity contribution in [3.63, 3.8) is 0 Å². The normalized spacial score (nSPS) is 12.4. The van der Waals surface area contributed by atoms with E-state index < -0.39 is 28.5 Å². The number of halogens is 2. The largest absolute Gasteiger partial charge is 0.357 e. The molecule has 10 heteroatoms. The molecule has 0 unspecified atom stereocenters. The van der Waals surface area contributed by atoms with Gasteiger partial charge in [-0.3, -0.25) is 13.9 Å². The third-order valence-electron chi connectivity index (χ3n) is 5.30. The molecule has 0 heterocycles. The van der Waals surface area contributed by atoms with Crippen LogP contribution in [0.5, 0.6) is 0 Å². The van der Waals surface area contributed by atoms with E-state index in [1.165, 1.54) is 11.9 Å². The van der Waals surface area contributed by atoms with Crippen molar-refractivity contribution in [1.29, 1.82) is 0 Å². The van der Waals surface area contributed by atoms with Crippen LogP contribution in [0.25, 0.3) is 0 Å². The molecule has 0 fully saturated rings. The molecule has 0 aliphatic carbocycles. The Labute approximate surface area is 205 Å². The summed E-state index contributed by atoms with van der Waals surface area (Å²) in [4.78, 5) is 27.0. The molecule has 0 saturated carbocycles. The molecular formula is C23H29Cl2N3O4S. The van der Waals surface area contributed by atoms with Crippen molar-refractivity contribution in [3.8, 4) is 0 Å². The maximum Gasteiger partial charge on any atom is 0.244 e. The number of benzene rings is 2. The number of anilines is 1. The lowest BCUT2D eigenvalue weighted by Crippen LogP contribution is -2.50. The zero-order valence-electron chi connectivity index (χ0n) is 19.3. The predicted molar refractivity (Wildman–Crippen MR) is 133 cm³/mol. The molecule has 33 heavy (non-hydrogen) atoms. The van der Waals surface area contributed by atoms with Crippen LogP contribution < -0.4 is 9.62 Å². The lowest BCUT2D eigenvalue weighted by Gasteiger charge is -2.31. The maximum atomic E-state index is 13.4. The van der Waals surface area contributed by atoms with Gasteiger partial charge in [-0.25, -0.2) is 8.42 Å². The van der Waals surface area contributed by atoms with Gasteiger partial charge in [-0.15, -0.1) is 0 Å². The van der Waals surface area contributed by atoms with Crippen molar-refractivity contribution in [1.82, 2.24) is 10.2 Å². The van der Waals surface area contributed by atoms with Crippen LogP contribution in [0.2, 0.25) is 10.0 Å². The molecular weight excluding hydrogens is 485 g/mol. The molecule has 2 aromatic rings. The Balaban J connectivity index is 2.40. The average Bonchev–Trinajstić information content (AvgIpc) is 2.75. The van der Waals surface area contributed by atoms with Gasteiger partial charge in [0.15, 0.2) is 0 Å². The molecule has 2 rings (SSSR count). The summed E-state index contributed by atoms with van der Waals surface area (Å²) in [7, 11) is -2.31. The first-order valence-electron chi connectivity index (χ1n) is 10.4. The number of rotatable bonds is 9. The van der Waals surface area contributed by atoms with Gasteiger partial charge in [-0.1, -0.05) is 55.2 Å². The Morgan fingerprint density at radius 3 is 2.12 bits per heavy atom. The van der Waals surface area contributed by atoms with Gasteiger partial charge in [-0.05, 0) is 48.2 Å². The van der Waals surface area contributed by atoms with E-state index in [1.54, 1.807) is 37.3 Å². The minimum Gasteiger partial charge on any atom is -0.357 e. The molecule has 0 aliphatic heterocycles. The highest BCUT2D eigenvalue weighted by Crippen LogP contribution is 2.25. The summed E-state index contributed by atoms with van der Waals surface area (Å²) in [6.07, 6.45) is 1.04. The lowest BCUT2D eigenvalue weighted by atomic mass is 10.0. The predicted octanol–water partition coefficient (Wildman–Crippen LogP) is 4.05. The number of hydrogen-bond donors (Lipinski definition) is 1. The zero-order chi connectivity index (χ0) is 24.9. The lowest BCUT2D eigenvalue weighted by molar-refractivity contribution is -0.139. The summed E-state index contributed by atoms with van der Waals surface area (Å²) in [6.45, 7) is 5.18. The fraction of sp³-hybridized carbons (Fsp3) is 0.391. The van der Waals surface area contributed by atoms with Crippen LogP contribution >= 0.6 is 23.2 Å². The summed E-state index contributed by atoms with van der Waals surface area (Å²) >= 11 is 12.2. The summed E-state index contributed by atoms with van der Waals surface area (Å²) in [5.41, 5.74) is 2.00.